The summed E-state index contributed by atoms with van der Waals surface area (Å²) in [6.07, 6.45) is 0.845. The number of benzene rings is 1. The number of thiazole rings is 1. The predicted molar refractivity (Wildman–Crippen MR) is 57.3 cm³/mol. The standard InChI is InChI=1S/C11H11NOS/c13-7-11-12-10(8-14-11)6-9-4-2-1-3-5-9/h1-5,8,13H,6-7H2. The molecule has 0 bridgehead atoms. The number of hydrogen-bond donors (Lipinski definition) is 1. The molecular formula is C11H11NOS. The van der Waals surface area contributed by atoms with Gasteiger partial charge >= 0.3 is 0 Å². The van der Waals surface area contributed by atoms with Crippen LogP contribution in [0.25, 0.3) is 0 Å². The van der Waals surface area contributed by atoms with Crippen LogP contribution in [0.15, 0.2) is 35.7 Å². The maximum atomic E-state index is 8.86. The molecule has 0 aliphatic heterocycles. The van der Waals surface area contributed by atoms with Gasteiger partial charge in [-0.05, 0) is 5.56 Å². The first-order chi connectivity index (χ1) is 6.88. The zero-order valence-corrected chi connectivity index (χ0v) is 8.50. The van der Waals surface area contributed by atoms with Gasteiger partial charge in [-0.25, -0.2) is 4.98 Å². The summed E-state index contributed by atoms with van der Waals surface area (Å²) < 4.78 is 0. The Kier molecular flexibility index (Phi) is 2.91. The van der Waals surface area contributed by atoms with Crippen LogP contribution in [0.1, 0.15) is 16.3 Å². The van der Waals surface area contributed by atoms with E-state index in [0.29, 0.717) is 0 Å². The minimum Gasteiger partial charge on any atom is -0.389 e. The molecule has 0 amide bonds. The SMILES string of the molecule is OCc1nc(Cc2ccccc2)cs1. The van der Waals surface area contributed by atoms with Gasteiger partial charge in [-0.1, -0.05) is 30.3 Å². The molecule has 0 radical (unpaired) electrons. The lowest BCUT2D eigenvalue weighted by molar-refractivity contribution is 0.281. The third kappa shape index (κ3) is 2.19. The van der Waals surface area contributed by atoms with Crippen LogP contribution in [0.5, 0.6) is 0 Å². The average Bonchev–Trinajstić information content (AvgIpc) is 2.67. The van der Waals surface area contributed by atoms with Gasteiger partial charge in [-0.2, -0.15) is 0 Å². The second kappa shape index (κ2) is 4.35. The Hall–Kier alpha value is -1.19. The second-order valence-corrected chi connectivity index (χ2v) is 4.00. The van der Waals surface area contributed by atoms with Gasteiger partial charge < -0.3 is 5.11 Å². The van der Waals surface area contributed by atoms with Crippen LogP contribution in [0.4, 0.5) is 0 Å². The predicted octanol–water partition coefficient (Wildman–Crippen LogP) is 2.23. The molecular weight excluding hydrogens is 194 g/mol. The number of rotatable bonds is 3. The topological polar surface area (TPSA) is 33.1 Å². The van der Waals surface area contributed by atoms with E-state index in [1.165, 1.54) is 16.9 Å². The monoisotopic (exact) mass is 205 g/mol. The van der Waals surface area contributed by atoms with Crippen LogP contribution < -0.4 is 0 Å². The number of hydrogen-bond acceptors (Lipinski definition) is 3. The van der Waals surface area contributed by atoms with Gasteiger partial charge in [0.25, 0.3) is 0 Å². The largest absolute Gasteiger partial charge is 0.389 e. The van der Waals surface area contributed by atoms with E-state index in [1.54, 1.807) is 0 Å². The van der Waals surface area contributed by atoms with E-state index in [9.17, 15) is 0 Å². The fraction of sp³-hybridized carbons (Fsp3) is 0.182. The number of aromatic nitrogens is 1. The van der Waals surface area contributed by atoms with Crippen molar-refractivity contribution in [3.8, 4) is 0 Å². The molecule has 1 N–H and O–H groups in total. The van der Waals surface area contributed by atoms with Crippen molar-refractivity contribution in [3.63, 3.8) is 0 Å². The Morgan fingerprint density at radius 1 is 1.21 bits per heavy atom. The summed E-state index contributed by atoms with van der Waals surface area (Å²) in [6, 6.07) is 10.2. The smallest absolute Gasteiger partial charge is 0.118 e. The van der Waals surface area contributed by atoms with E-state index in [-0.39, 0.29) is 6.61 Å². The van der Waals surface area contributed by atoms with E-state index in [2.05, 4.69) is 17.1 Å². The zero-order valence-electron chi connectivity index (χ0n) is 7.68. The first-order valence-corrected chi connectivity index (χ1v) is 5.34. The summed E-state index contributed by atoms with van der Waals surface area (Å²) in [5.74, 6) is 0. The van der Waals surface area contributed by atoms with Crippen molar-refractivity contribution >= 4 is 11.3 Å². The van der Waals surface area contributed by atoms with Crippen molar-refractivity contribution < 1.29 is 5.11 Å². The Labute approximate surface area is 86.9 Å². The highest BCUT2D eigenvalue weighted by atomic mass is 32.1. The van der Waals surface area contributed by atoms with Crippen LogP contribution in [0.3, 0.4) is 0 Å². The third-order valence-electron chi connectivity index (χ3n) is 1.96. The van der Waals surface area contributed by atoms with Crippen LogP contribution in [0.2, 0.25) is 0 Å². The zero-order chi connectivity index (χ0) is 9.80. The molecule has 72 valence electrons. The molecule has 1 aromatic heterocycles. The Morgan fingerprint density at radius 2 is 2.00 bits per heavy atom. The first kappa shape index (κ1) is 9.37. The maximum Gasteiger partial charge on any atom is 0.118 e. The molecule has 0 spiro atoms. The van der Waals surface area contributed by atoms with E-state index >= 15 is 0 Å². The van der Waals surface area contributed by atoms with Crippen molar-refractivity contribution in [2.75, 3.05) is 0 Å². The fourth-order valence-corrected chi connectivity index (χ4v) is 1.96. The summed E-state index contributed by atoms with van der Waals surface area (Å²) >= 11 is 1.51. The Morgan fingerprint density at radius 3 is 2.64 bits per heavy atom. The van der Waals surface area contributed by atoms with Gasteiger partial charge in [0.1, 0.15) is 5.01 Å². The van der Waals surface area contributed by atoms with Crippen molar-refractivity contribution in [2.24, 2.45) is 0 Å². The number of aliphatic hydroxyl groups excluding tert-OH is 1. The molecule has 1 aromatic carbocycles. The molecule has 0 aliphatic rings. The van der Waals surface area contributed by atoms with Crippen LogP contribution in [0, 0.1) is 0 Å². The molecule has 0 unspecified atom stereocenters. The Balaban J connectivity index is 2.11. The van der Waals surface area contributed by atoms with E-state index < -0.39 is 0 Å². The van der Waals surface area contributed by atoms with Gasteiger partial charge in [0.05, 0.1) is 12.3 Å². The second-order valence-electron chi connectivity index (χ2n) is 3.05. The molecule has 0 atom stereocenters. The van der Waals surface area contributed by atoms with E-state index in [0.717, 1.165) is 17.1 Å². The lowest BCUT2D eigenvalue weighted by atomic mass is 10.1. The molecule has 2 nitrogen and oxygen atoms in total. The van der Waals surface area contributed by atoms with Gasteiger partial charge in [-0.3, -0.25) is 0 Å². The van der Waals surface area contributed by atoms with Gasteiger partial charge in [-0.15, -0.1) is 11.3 Å². The molecule has 0 saturated carbocycles. The minimum atomic E-state index is 0.0411. The minimum absolute atomic E-state index is 0.0411. The van der Waals surface area contributed by atoms with Crippen molar-refractivity contribution in [1.82, 2.24) is 4.98 Å². The summed E-state index contributed by atoms with van der Waals surface area (Å²) in [4.78, 5) is 4.29. The first-order valence-electron chi connectivity index (χ1n) is 4.46. The molecule has 2 aromatic rings. The lowest BCUT2D eigenvalue weighted by Crippen LogP contribution is -1.89. The molecule has 2 rings (SSSR count). The molecule has 14 heavy (non-hydrogen) atoms. The van der Waals surface area contributed by atoms with Crippen molar-refractivity contribution in [1.29, 1.82) is 0 Å². The highest BCUT2D eigenvalue weighted by Crippen LogP contribution is 2.13. The summed E-state index contributed by atoms with van der Waals surface area (Å²) in [5.41, 5.74) is 2.28. The van der Waals surface area contributed by atoms with Gasteiger partial charge in [0.2, 0.25) is 0 Å². The number of aliphatic hydroxyl groups is 1. The van der Waals surface area contributed by atoms with E-state index in [4.69, 9.17) is 5.11 Å². The summed E-state index contributed by atoms with van der Waals surface area (Å²) in [5, 5.41) is 11.7. The highest BCUT2D eigenvalue weighted by Gasteiger charge is 2.01. The lowest BCUT2D eigenvalue weighted by Gasteiger charge is -1.96. The summed E-state index contributed by atoms with van der Waals surface area (Å²) in [6.45, 7) is 0.0411. The molecule has 1 heterocycles. The van der Waals surface area contributed by atoms with Crippen molar-refractivity contribution in [2.45, 2.75) is 13.0 Å². The quantitative estimate of drug-likeness (QED) is 0.833. The summed E-state index contributed by atoms with van der Waals surface area (Å²) in [7, 11) is 0. The van der Waals surface area contributed by atoms with Crippen LogP contribution in [-0.4, -0.2) is 10.1 Å². The normalized spacial score (nSPS) is 10.4. The highest BCUT2D eigenvalue weighted by molar-refractivity contribution is 7.09. The van der Waals surface area contributed by atoms with Crippen LogP contribution >= 0.6 is 11.3 Å². The number of nitrogens with zero attached hydrogens (tertiary/aromatic N) is 1. The van der Waals surface area contributed by atoms with Crippen LogP contribution in [-0.2, 0) is 13.0 Å². The average molecular weight is 205 g/mol. The molecule has 0 aliphatic carbocycles. The Bertz CT molecular complexity index is 397. The maximum absolute atomic E-state index is 8.86. The third-order valence-corrected chi connectivity index (χ3v) is 2.85. The van der Waals surface area contributed by atoms with E-state index in [1.807, 2.05) is 23.6 Å². The van der Waals surface area contributed by atoms with Gasteiger partial charge in [0, 0.05) is 11.8 Å². The fourth-order valence-electron chi connectivity index (χ4n) is 1.31. The molecule has 0 saturated heterocycles. The molecule has 3 heteroatoms. The molecule has 0 fully saturated rings. The van der Waals surface area contributed by atoms with Gasteiger partial charge in [0.15, 0.2) is 0 Å². The van der Waals surface area contributed by atoms with Crippen molar-refractivity contribution in [3.05, 3.63) is 52.0 Å².